The molecule has 0 radical (unpaired) electrons. The third-order valence-electron chi connectivity index (χ3n) is 3.96. The number of aliphatic hydroxyl groups is 1. The lowest BCUT2D eigenvalue weighted by atomic mass is 10.0. The third-order valence-corrected chi connectivity index (χ3v) is 5.90. The van der Waals surface area contributed by atoms with E-state index in [9.17, 15) is 8.42 Å². The molecule has 6 heteroatoms. The van der Waals surface area contributed by atoms with Crippen molar-refractivity contribution in [2.75, 3.05) is 32.0 Å². The van der Waals surface area contributed by atoms with E-state index in [0.29, 0.717) is 13.1 Å². The lowest BCUT2D eigenvalue weighted by molar-refractivity contribution is 0.165. The SMILES string of the molecule is O=S(=O)(CC1CCCCN1)N1CCCC(CO)C1. The monoisotopic (exact) mass is 276 g/mol. The van der Waals surface area contributed by atoms with E-state index >= 15 is 0 Å². The topological polar surface area (TPSA) is 69.6 Å². The first-order valence-electron chi connectivity index (χ1n) is 6.94. The summed E-state index contributed by atoms with van der Waals surface area (Å²) >= 11 is 0. The van der Waals surface area contributed by atoms with E-state index in [-0.39, 0.29) is 24.3 Å². The van der Waals surface area contributed by atoms with Crippen LogP contribution in [0.25, 0.3) is 0 Å². The summed E-state index contributed by atoms with van der Waals surface area (Å²) in [6.45, 7) is 2.13. The number of nitrogens with one attached hydrogen (secondary N) is 1. The van der Waals surface area contributed by atoms with Crippen LogP contribution in [-0.4, -0.2) is 55.9 Å². The third kappa shape index (κ3) is 3.66. The molecule has 5 nitrogen and oxygen atoms in total. The highest BCUT2D eigenvalue weighted by molar-refractivity contribution is 7.89. The van der Waals surface area contributed by atoms with Crippen LogP contribution in [-0.2, 0) is 10.0 Å². The molecule has 0 bridgehead atoms. The van der Waals surface area contributed by atoms with Gasteiger partial charge in [0.2, 0.25) is 10.0 Å². The van der Waals surface area contributed by atoms with Gasteiger partial charge in [-0.3, -0.25) is 0 Å². The summed E-state index contributed by atoms with van der Waals surface area (Å²) in [6, 6.07) is 0.109. The molecule has 2 saturated heterocycles. The summed E-state index contributed by atoms with van der Waals surface area (Å²) in [6.07, 6.45) is 5.02. The van der Waals surface area contributed by atoms with Crippen LogP contribution in [0.2, 0.25) is 0 Å². The number of sulfonamides is 1. The van der Waals surface area contributed by atoms with E-state index in [0.717, 1.165) is 38.6 Å². The Balaban J connectivity index is 1.92. The smallest absolute Gasteiger partial charge is 0.215 e. The van der Waals surface area contributed by atoms with Crippen LogP contribution in [0.5, 0.6) is 0 Å². The fraction of sp³-hybridized carbons (Fsp3) is 1.00. The van der Waals surface area contributed by atoms with Crippen molar-refractivity contribution in [3.63, 3.8) is 0 Å². The Morgan fingerprint density at radius 2 is 2.06 bits per heavy atom. The Morgan fingerprint density at radius 3 is 2.72 bits per heavy atom. The Kier molecular flexibility index (Phi) is 5.00. The van der Waals surface area contributed by atoms with Crippen molar-refractivity contribution in [3.05, 3.63) is 0 Å². The summed E-state index contributed by atoms with van der Waals surface area (Å²) < 4.78 is 26.2. The summed E-state index contributed by atoms with van der Waals surface area (Å²) in [7, 11) is -3.17. The first kappa shape index (κ1) is 14.2. The number of hydrogen-bond acceptors (Lipinski definition) is 4. The molecule has 0 aromatic heterocycles. The zero-order valence-corrected chi connectivity index (χ0v) is 11.7. The van der Waals surface area contributed by atoms with Gasteiger partial charge in [-0.2, -0.15) is 0 Å². The minimum absolute atomic E-state index is 0.0910. The van der Waals surface area contributed by atoms with Gasteiger partial charge >= 0.3 is 0 Å². The second-order valence-corrected chi connectivity index (χ2v) is 7.49. The van der Waals surface area contributed by atoms with Gasteiger partial charge in [0, 0.05) is 25.7 Å². The van der Waals surface area contributed by atoms with Crippen LogP contribution in [0.15, 0.2) is 0 Å². The van der Waals surface area contributed by atoms with Gasteiger partial charge in [-0.05, 0) is 38.1 Å². The van der Waals surface area contributed by atoms with Crippen molar-refractivity contribution in [2.24, 2.45) is 5.92 Å². The van der Waals surface area contributed by atoms with Gasteiger partial charge in [-0.15, -0.1) is 0 Å². The van der Waals surface area contributed by atoms with E-state index in [1.54, 1.807) is 4.31 Å². The predicted molar refractivity (Wildman–Crippen MR) is 70.8 cm³/mol. The van der Waals surface area contributed by atoms with Crippen LogP contribution >= 0.6 is 0 Å². The Labute approximate surface area is 110 Å². The van der Waals surface area contributed by atoms with Crippen LogP contribution in [0, 0.1) is 5.92 Å². The lowest BCUT2D eigenvalue weighted by Gasteiger charge is -2.33. The van der Waals surface area contributed by atoms with E-state index < -0.39 is 10.0 Å². The first-order valence-corrected chi connectivity index (χ1v) is 8.55. The molecule has 0 aliphatic carbocycles. The molecule has 2 unspecified atom stereocenters. The zero-order chi connectivity index (χ0) is 13.0. The molecule has 2 rings (SSSR count). The minimum atomic E-state index is -3.17. The fourth-order valence-corrected chi connectivity index (χ4v) is 4.70. The Morgan fingerprint density at radius 1 is 1.22 bits per heavy atom. The molecule has 0 aromatic carbocycles. The highest BCUT2D eigenvalue weighted by Gasteiger charge is 2.30. The molecule has 2 fully saturated rings. The van der Waals surface area contributed by atoms with Gasteiger partial charge < -0.3 is 10.4 Å². The number of rotatable bonds is 4. The van der Waals surface area contributed by atoms with Gasteiger partial charge in [0.15, 0.2) is 0 Å². The van der Waals surface area contributed by atoms with Crippen LogP contribution in [0.1, 0.15) is 32.1 Å². The molecule has 0 spiro atoms. The highest BCUT2D eigenvalue weighted by Crippen LogP contribution is 2.20. The van der Waals surface area contributed by atoms with Crippen molar-refractivity contribution < 1.29 is 13.5 Å². The van der Waals surface area contributed by atoms with Crippen LogP contribution in [0.3, 0.4) is 0 Å². The van der Waals surface area contributed by atoms with E-state index in [1.165, 1.54) is 0 Å². The van der Waals surface area contributed by atoms with Crippen LogP contribution < -0.4 is 5.32 Å². The summed E-state index contributed by atoms with van der Waals surface area (Å²) in [4.78, 5) is 0. The molecule has 106 valence electrons. The average molecular weight is 276 g/mol. The molecule has 2 heterocycles. The summed E-state index contributed by atoms with van der Waals surface area (Å²) in [5, 5.41) is 12.4. The zero-order valence-electron chi connectivity index (χ0n) is 10.8. The number of nitrogens with zero attached hydrogens (tertiary/aromatic N) is 1. The molecule has 2 atom stereocenters. The van der Waals surface area contributed by atoms with E-state index in [4.69, 9.17) is 5.11 Å². The molecule has 0 aromatic rings. The Hall–Kier alpha value is -0.170. The standard InChI is InChI=1S/C12H24N2O3S/c15-9-11-4-3-7-14(8-11)18(16,17)10-12-5-1-2-6-13-12/h11-13,15H,1-10H2. The Bertz CT molecular complexity index is 352. The fourth-order valence-electron chi connectivity index (χ4n) is 2.85. The second-order valence-electron chi connectivity index (χ2n) is 5.47. The number of piperidine rings is 2. The van der Waals surface area contributed by atoms with E-state index in [2.05, 4.69) is 5.32 Å². The molecule has 2 N–H and O–H groups in total. The first-order chi connectivity index (χ1) is 8.62. The van der Waals surface area contributed by atoms with Gasteiger partial charge in [-0.25, -0.2) is 12.7 Å². The normalized spacial score (nSPS) is 31.4. The highest BCUT2D eigenvalue weighted by atomic mass is 32.2. The molecular weight excluding hydrogens is 252 g/mol. The quantitative estimate of drug-likeness (QED) is 0.767. The lowest BCUT2D eigenvalue weighted by Crippen LogP contribution is -2.47. The maximum absolute atomic E-state index is 12.3. The maximum Gasteiger partial charge on any atom is 0.215 e. The molecule has 0 saturated carbocycles. The molecule has 2 aliphatic heterocycles. The molecule has 2 aliphatic rings. The predicted octanol–water partition coefficient (Wildman–Crippen LogP) is 0.163. The van der Waals surface area contributed by atoms with Gasteiger partial charge in [-0.1, -0.05) is 6.42 Å². The molecular formula is C12H24N2O3S. The average Bonchev–Trinajstić information content (AvgIpc) is 2.39. The number of hydrogen-bond donors (Lipinski definition) is 2. The summed E-state index contributed by atoms with van der Waals surface area (Å²) in [5.74, 6) is 0.332. The summed E-state index contributed by atoms with van der Waals surface area (Å²) in [5.41, 5.74) is 0. The van der Waals surface area contributed by atoms with Gasteiger partial charge in [0.1, 0.15) is 0 Å². The molecule has 0 amide bonds. The van der Waals surface area contributed by atoms with Gasteiger partial charge in [0.25, 0.3) is 0 Å². The van der Waals surface area contributed by atoms with Crippen molar-refractivity contribution in [1.29, 1.82) is 0 Å². The number of aliphatic hydroxyl groups excluding tert-OH is 1. The van der Waals surface area contributed by atoms with Crippen LogP contribution in [0.4, 0.5) is 0 Å². The largest absolute Gasteiger partial charge is 0.396 e. The maximum atomic E-state index is 12.3. The second kappa shape index (κ2) is 6.32. The molecule has 18 heavy (non-hydrogen) atoms. The van der Waals surface area contributed by atoms with Crippen molar-refractivity contribution in [2.45, 2.75) is 38.1 Å². The van der Waals surface area contributed by atoms with Gasteiger partial charge in [0.05, 0.1) is 5.75 Å². The van der Waals surface area contributed by atoms with E-state index in [1.807, 2.05) is 0 Å². The van der Waals surface area contributed by atoms with Crippen molar-refractivity contribution >= 4 is 10.0 Å². The van der Waals surface area contributed by atoms with Crippen molar-refractivity contribution in [1.82, 2.24) is 9.62 Å². The van der Waals surface area contributed by atoms with Crippen molar-refractivity contribution in [3.8, 4) is 0 Å². The minimum Gasteiger partial charge on any atom is -0.396 e.